The van der Waals surface area contributed by atoms with Crippen molar-refractivity contribution in [2.24, 2.45) is 0 Å². The Morgan fingerprint density at radius 2 is 2.30 bits per heavy atom. The Morgan fingerprint density at radius 3 is 2.96 bits per heavy atom. The summed E-state index contributed by atoms with van der Waals surface area (Å²) in [4.78, 5) is 14.7. The second kappa shape index (κ2) is 5.87. The number of carbonyl (C=O) groups is 1. The topological polar surface area (TPSA) is 114 Å². The smallest absolute Gasteiger partial charge is 0.354 e. The molecule has 0 bridgehead atoms. The standard InChI is InChI=1S/C14H11FN4O4/c1-7-9(6-22-12-4-11(14(20)21)17-18-12)13(19-23-7)10-3-2-8(15)5-16-10/h2-5H,6H2,1H3,(H,17,18)(H,20,21). The quantitative estimate of drug-likeness (QED) is 0.741. The van der Waals surface area contributed by atoms with Gasteiger partial charge in [-0.2, -0.15) is 0 Å². The minimum atomic E-state index is -1.13. The molecule has 0 fully saturated rings. The molecule has 23 heavy (non-hydrogen) atoms. The van der Waals surface area contributed by atoms with E-state index in [-0.39, 0.29) is 18.2 Å². The fourth-order valence-electron chi connectivity index (χ4n) is 1.91. The van der Waals surface area contributed by atoms with E-state index in [2.05, 4.69) is 20.3 Å². The highest BCUT2D eigenvalue weighted by atomic mass is 19.1. The van der Waals surface area contributed by atoms with E-state index >= 15 is 0 Å². The van der Waals surface area contributed by atoms with Crippen LogP contribution in [0.5, 0.6) is 5.88 Å². The van der Waals surface area contributed by atoms with E-state index in [9.17, 15) is 9.18 Å². The Labute approximate surface area is 128 Å². The van der Waals surface area contributed by atoms with Gasteiger partial charge in [-0.3, -0.25) is 10.1 Å². The molecule has 3 aromatic heterocycles. The number of aryl methyl sites for hydroxylation is 1. The number of hydrogen-bond acceptors (Lipinski definition) is 6. The molecule has 0 saturated heterocycles. The molecule has 0 unspecified atom stereocenters. The Hall–Kier alpha value is -3.23. The first kappa shape index (κ1) is 14.7. The van der Waals surface area contributed by atoms with Crippen molar-refractivity contribution >= 4 is 5.97 Å². The van der Waals surface area contributed by atoms with E-state index in [1.165, 1.54) is 18.2 Å². The highest BCUT2D eigenvalue weighted by Crippen LogP contribution is 2.25. The van der Waals surface area contributed by atoms with Crippen molar-refractivity contribution < 1.29 is 23.6 Å². The van der Waals surface area contributed by atoms with E-state index in [1.54, 1.807) is 6.92 Å². The van der Waals surface area contributed by atoms with Gasteiger partial charge < -0.3 is 14.4 Å². The molecule has 0 atom stereocenters. The van der Waals surface area contributed by atoms with Crippen LogP contribution in [0.15, 0.2) is 28.9 Å². The first-order valence-corrected chi connectivity index (χ1v) is 6.53. The number of halogens is 1. The van der Waals surface area contributed by atoms with Crippen LogP contribution in [0.2, 0.25) is 0 Å². The molecule has 118 valence electrons. The molecule has 2 N–H and O–H groups in total. The van der Waals surface area contributed by atoms with Crippen LogP contribution < -0.4 is 4.74 Å². The van der Waals surface area contributed by atoms with E-state index in [0.29, 0.717) is 22.7 Å². The van der Waals surface area contributed by atoms with Crippen LogP contribution in [0.3, 0.4) is 0 Å². The van der Waals surface area contributed by atoms with Crippen LogP contribution in [-0.2, 0) is 6.61 Å². The zero-order valence-electron chi connectivity index (χ0n) is 11.9. The zero-order valence-corrected chi connectivity index (χ0v) is 11.9. The van der Waals surface area contributed by atoms with E-state index in [0.717, 1.165) is 6.20 Å². The van der Waals surface area contributed by atoms with Gasteiger partial charge in [0.05, 0.1) is 17.5 Å². The van der Waals surface area contributed by atoms with Crippen molar-refractivity contribution in [3.63, 3.8) is 0 Å². The molecule has 0 aromatic carbocycles. The number of carboxylic acids is 1. The molecule has 9 heteroatoms. The van der Waals surface area contributed by atoms with Gasteiger partial charge in [0.15, 0.2) is 0 Å². The number of ether oxygens (including phenoxy) is 1. The predicted octanol–water partition coefficient (Wildman–Crippen LogP) is 2.18. The lowest BCUT2D eigenvalue weighted by atomic mass is 10.1. The van der Waals surface area contributed by atoms with Gasteiger partial charge >= 0.3 is 5.97 Å². The maximum atomic E-state index is 13.0. The Kier molecular flexibility index (Phi) is 3.75. The number of aromatic nitrogens is 4. The minimum Gasteiger partial charge on any atom is -0.477 e. The molecular weight excluding hydrogens is 307 g/mol. The second-order valence-corrected chi connectivity index (χ2v) is 4.64. The fourth-order valence-corrected chi connectivity index (χ4v) is 1.91. The summed E-state index contributed by atoms with van der Waals surface area (Å²) >= 11 is 0. The predicted molar refractivity (Wildman–Crippen MR) is 74.3 cm³/mol. The van der Waals surface area contributed by atoms with Crippen LogP contribution >= 0.6 is 0 Å². The van der Waals surface area contributed by atoms with Gasteiger partial charge in [0.1, 0.15) is 29.6 Å². The van der Waals surface area contributed by atoms with E-state index in [1.807, 2.05) is 0 Å². The van der Waals surface area contributed by atoms with Crippen LogP contribution in [0, 0.1) is 12.7 Å². The molecule has 0 aliphatic carbocycles. The SMILES string of the molecule is Cc1onc(-c2ccc(F)cn2)c1COc1cc(C(=O)O)[nH]n1. The maximum Gasteiger partial charge on any atom is 0.354 e. The number of hydrogen-bond donors (Lipinski definition) is 2. The molecule has 0 amide bonds. The lowest BCUT2D eigenvalue weighted by Gasteiger charge is -2.03. The first-order valence-electron chi connectivity index (χ1n) is 6.53. The van der Waals surface area contributed by atoms with Crippen molar-refractivity contribution in [2.45, 2.75) is 13.5 Å². The molecule has 0 spiro atoms. The monoisotopic (exact) mass is 318 g/mol. The maximum absolute atomic E-state index is 13.0. The zero-order chi connectivity index (χ0) is 16.4. The summed E-state index contributed by atoms with van der Waals surface area (Å²) in [6.45, 7) is 1.75. The molecule has 0 aliphatic rings. The summed E-state index contributed by atoms with van der Waals surface area (Å²) < 4.78 is 23.5. The Bertz CT molecular complexity index is 841. The number of pyridine rings is 1. The van der Waals surface area contributed by atoms with Crippen molar-refractivity contribution in [1.29, 1.82) is 0 Å². The van der Waals surface area contributed by atoms with Crippen molar-refractivity contribution in [3.05, 3.63) is 47.2 Å². The number of H-pyrrole nitrogens is 1. The molecule has 0 saturated carbocycles. The third kappa shape index (κ3) is 3.03. The number of carboxylic acid groups (broad SMARTS) is 1. The van der Waals surface area contributed by atoms with Gasteiger partial charge in [-0.1, -0.05) is 5.16 Å². The number of nitrogens with zero attached hydrogens (tertiary/aromatic N) is 3. The fraction of sp³-hybridized carbons (Fsp3) is 0.143. The average Bonchev–Trinajstić information content (AvgIpc) is 3.13. The number of nitrogens with one attached hydrogen (secondary N) is 1. The normalized spacial score (nSPS) is 10.7. The van der Waals surface area contributed by atoms with Crippen LogP contribution in [0.1, 0.15) is 21.8 Å². The summed E-state index contributed by atoms with van der Waals surface area (Å²) in [7, 11) is 0. The molecule has 8 nitrogen and oxygen atoms in total. The number of aromatic amines is 1. The number of aromatic carboxylic acids is 1. The molecule has 3 rings (SSSR count). The van der Waals surface area contributed by atoms with Crippen LogP contribution in [0.4, 0.5) is 4.39 Å². The van der Waals surface area contributed by atoms with Gasteiger partial charge in [0.2, 0.25) is 5.88 Å². The van der Waals surface area contributed by atoms with Gasteiger partial charge in [0.25, 0.3) is 0 Å². The van der Waals surface area contributed by atoms with Gasteiger partial charge in [-0.25, -0.2) is 9.18 Å². The second-order valence-electron chi connectivity index (χ2n) is 4.64. The van der Waals surface area contributed by atoms with Gasteiger partial charge in [0, 0.05) is 6.07 Å². The molecular formula is C14H11FN4O4. The van der Waals surface area contributed by atoms with Gasteiger partial charge in [-0.15, -0.1) is 5.10 Å². The Morgan fingerprint density at radius 1 is 1.48 bits per heavy atom. The van der Waals surface area contributed by atoms with Crippen molar-refractivity contribution in [3.8, 4) is 17.3 Å². The summed E-state index contributed by atoms with van der Waals surface area (Å²) in [6, 6.07) is 4.01. The third-order valence-corrected chi connectivity index (χ3v) is 3.10. The minimum absolute atomic E-state index is 0.0492. The highest BCUT2D eigenvalue weighted by Gasteiger charge is 2.17. The van der Waals surface area contributed by atoms with Crippen LogP contribution in [-0.4, -0.2) is 31.4 Å². The molecule has 0 radical (unpaired) electrons. The third-order valence-electron chi connectivity index (χ3n) is 3.10. The molecule has 3 heterocycles. The lowest BCUT2D eigenvalue weighted by Crippen LogP contribution is -1.99. The lowest BCUT2D eigenvalue weighted by molar-refractivity contribution is 0.0690. The summed E-state index contributed by atoms with van der Waals surface area (Å²) in [5, 5.41) is 18.8. The van der Waals surface area contributed by atoms with E-state index in [4.69, 9.17) is 14.4 Å². The largest absolute Gasteiger partial charge is 0.477 e. The first-order chi connectivity index (χ1) is 11.0. The summed E-state index contributed by atoms with van der Waals surface area (Å²) in [6.07, 6.45) is 1.08. The summed E-state index contributed by atoms with van der Waals surface area (Å²) in [5.41, 5.74) is 1.40. The molecule has 0 aliphatic heterocycles. The van der Waals surface area contributed by atoms with Crippen LogP contribution in [0.25, 0.3) is 11.4 Å². The Balaban J connectivity index is 1.81. The highest BCUT2D eigenvalue weighted by molar-refractivity contribution is 5.85. The average molecular weight is 318 g/mol. The van der Waals surface area contributed by atoms with Gasteiger partial charge in [-0.05, 0) is 19.1 Å². The molecule has 3 aromatic rings. The van der Waals surface area contributed by atoms with Crippen molar-refractivity contribution in [1.82, 2.24) is 20.3 Å². The summed E-state index contributed by atoms with van der Waals surface area (Å²) in [5.74, 6) is -0.949. The van der Waals surface area contributed by atoms with Crippen molar-refractivity contribution in [2.75, 3.05) is 0 Å². The number of rotatable bonds is 5. The van der Waals surface area contributed by atoms with E-state index < -0.39 is 11.8 Å².